The highest BCUT2D eigenvalue weighted by Crippen LogP contribution is 2.18. The van der Waals surface area contributed by atoms with Crippen LogP contribution in [0.5, 0.6) is 0 Å². The van der Waals surface area contributed by atoms with Crippen LogP contribution in [0, 0.1) is 0 Å². The van der Waals surface area contributed by atoms with Gasteiger partial charge in [-0.1, -0.05) is 287 Å². The molecule has 0 radical (unpaired) electrons. The second-order valence-corrected chi connectivity index (χ2v) is 19.5. The third kappa shape index (κ3) is 48.0. The van der Waals surface area contributed by atoms with E-state index in [-0.39, 0.29) is 24.9 Å². The van der Waals surface area contributed by atoms with E-state index < -0.39 is 18.2 Å². The predicted octanol–water partition coefficient (Wildman–Crippen LogP) is 17.6. The van der Waals surface area contributed by atoms with Crippen molar-refractivity contribution in [3.8, 4) is 0 Å². The molecule has 3 N–H and O–H groups in total. The molecule has 0 aromatic heterocycles. The maximum Gasteiger partial charge on any atom is 0.306 e. The van der Waals surface area contributed by atoms with Gasteiger partial charge in [-0.2, -0.15) is 0 Å². The summed E-state index contributed by atoms with van der Waals surface area (Å²) in [5.74, 6) is -0.506. The number of allylic oxidation sites excluding steroid dienone is 10. The van der Waals surface area contributed by atoms with Gasteiger partial charge in [0.25, 0.3) is 0 Å². The van der Waals surface area contributed by atoms with E-state index in [4.69, 9.17) is 4.74 Å². The van der Waals surface area contributed by atoms with Crippen molar-refractivity contribution in [3.05, 3.63) is 60.8 Å². The summed E-state index contributed by atoms with van der Waals surface area (Å²) in [6.45, 7) is 6.41. The van der Waals surface area contributed by atoms with Gasteiger partial charge in [0.2, 0.25) is 5.91 Å². The molecule has 3 unspecified atom stereocenters. The number of esters is 1. The Bertz CT molecular complexity index is 1170. The van der Waals surface area contributed by atoms with Crippen LogP contribution in [0.4, 0.5) is 0 Å². The first-order valence-corrected chi connectivity index (χ1v) is 28.6. The first kappa shape index (κ1) is 63.6. The molecule has 1 amide bonds. The van der Waals surface area contributed by atoms with Gasteiger partial charge in [-0.25, -0.2) is 0 Å². The summed E-state index contributed by atoms with van der Waals surface area (Å²) in [5, 5.41) is 23.8. The molecule has 0 saturated carbocycles. The van der Waals surface area contributed by atoms with E-state index >= 15 is 0 Å². The van der Waals surface area contributed by atoms with Gasteiger partial charge in [-0.05, 0) is 44.9 Å². The molecule has 0 spiro atoms. The standard InChI is InChI=1S/C60H109NO5/c1-4-7-10-13-16-19-22-25-27-29-30-31-33-35-38-41-44-47-50-53-60(65)66-56(51-48-45-42-39-36-34-32-28-26-23-20-17-14-11-8-5-2)54-59(64)61-57(55-62)58(63)52-49-46-43-40-37-24-21-18-15-12-9-6-3/h11,14,17,20,23,26,28,32,34,36,56-58,62-63H,4-10,12-13,15-16,18-19,21-22,24-25,27,29-31,33,35,37-55H2,1-3H3,(H,61,64)/b14-11+,20-17+,26-23+,32-28+,36-34+. The molecule has 0 aliphatic heterocycles. The van der Waals surface area contributed by atoms with E-state index in [1.165, 1.54) is 167 Å². The molecule has 0 aliphatic rings. The predicted molar refractivity (Wildman–Crippen MR) is 287 cm³/mol. The zero-order valence-electron chi connectivity index (χ0n) is 43.8. The fraction of sp³-hybridized carbons (Fsp3) is 0.800. The van der Waals surface area contributed by atoms with Gasteiger partial charge in [0, 0.05) is 6.42 Å². The molecule has 384 valence electrons. The maximum absolute atomic E-state index is 13.2. The second-order valence-electron chi connectivity index (χ2n) is 19.5. The quantitative estimate of drug-likeness (QED) is 0.0321. The lowest BCUT2D eigenvalue weighted by atomic mass is 10.0. The third-order valence-electron chi connectivity index (χ3n) is 13.0. The first-order chi connectivity index (χ1) is 32.5. The molecule has 6 heteroatoms. The number of rotatable bonds is 51. The number of carbonyl (C=O) groups excluding carboxylic acids is 2. The average molecular weight is 925 g/mol. The highest BCUT2D eigenvalue weighted by atomic mass is 16.5. The Labute approximate surface area is 409 Å². The molecule has 0 saturated heterocycles. The van der Waals surface area contributed by atoms with Crippen molar-refractivity contribution < 1.29 is 24.5 Å². The second kappa shape index (κ2) is 53.5. The van der Waals surface area contributed by atoms with Crippen molar-refractivity contribution >= 4 is 11.9 Å². The number of aliphatic hydroxyl groups excluding tert-OH is 2. The summed E-state index contributed by atoms with van der Waals surface area (Å²) in [7, 11) is 0. The van der Waals surface area contributed by atoms with E-state index in [9.17, 15) is 19.8 Å². The van der Waals surface area contributed by atoms with Gasteiger partial charge in [0.15, 0.2) is 0 Å². The molecule has 6 nitrogen and oxygen atoms in total. The van der Waals surface area contributed by atoms with Gasteiger partial charge in [-0.3, -0.25) is 9.59 Å². The Balaban J connectivity index is 4.60. The Morgan fingerprint density at radius 1 is 0.439 bits per heavy atom. The Kier molecular flexibility index (Phi) is 51.5. The zero-order chi connectivity index (χ0) is 48.1. The number of carbonyl (C=O) groups is 2. The smallest absolute Gasteiger partial charge is 0.306 e. The number of unbranched alkanes of at least 4 members (excludes halogenated alkanes) is 33. The van der Waals surface area contributed by atoms with Crippen molar-refractivity contribution in [2.75, 3.05) is 6.61 Å². The minimum absolute atomic E-state index is 0.0508. The van der Waals surface area contributed by atoms with Gasteiger partial charge in [0.1, 0.15) is 6.10 Å². The van der Waals surface area contributed by atoms with Crippen LogP contribution in [0.15, 0.2) is 60.8 Å². The van der Waals surface area contributed by atoms with Crippen LogP contribution in [0.1, 0.15) is 284 Å². The number of hydrogen-bond donors (Lipinski definition) is 3. The number of amides is 1. The van der Waals surface area contributed by atoms with Crippen LogP contribution in [0.2, 0.25) is 0 Å². The van der Waals surface area contributed by atoms with Crippen LogP contribution < -0.4 is 5.32 Å². The molecule has 0 fully saturated rings. The largest absolute Gasteiger partial charge is 0.462 e. The number of hydrogen-bond acceptors (Lipinski definition) is 5. The van der Waals surface area contributed by atoms with Crippen LogP contribution in [-0.2, 0) is 14.3 Å². The van der Waals surface area contributed by atoms with Crippen LogP contribution in [-0.4, -0.2) is 46.9 Å². The summed E-state index contributed by atoms with van der Waals surface area (Å²) < 4.78 is 5.94. The number of nitrogens with one attached hydrogen (secondary N) is 1. The van der Waals surface area contributed by atoms with E-state index in [0.717, 1.165) is 70.6 Å². The third-order valence-corrected chi connectivity index (χ3v) is 13.0. The SMILES string of the molecule is CCC/C=C/C=C/C=C/C=C/C=C/CCCCCC(CC(=O)NC(CO)C(O)CCCCCCCCCCCCCC)OC(=O)CCCCCCCCCCCCCCCCCCCCC. The Morgan fingerprint density at radius 2 is 0.803 bits per heavy atom. The number of ether oxygens (including phenoxy) is 1. The fourth-order valence-corrected chi connectivity index (χ4v) is 8.64. The molecule has 0 bridgehead atoms. The van der Waals surface area contributed by atoms with Crippen molar-refractivity contribution in [1.29, 1.82) is 0 Å². The normalized spacial score (nSPS) is 13.6. The van der Waals surface area contributed by atoms with E-state index in [1.807, 2.05) is 30.4 Å². The highest BCUT2D eigenvalue weighted by molar-refractivity contribution is 5.77. The summed E-state index contributed by atoms with van der Waals surface area (Å²) in [5.41, 5.74) is 0. The highest BCUT2D eigenvalue weighted by Gasteiger charge is 2.24. The molecule has 0 heterocycles. The van der Waals surface area contributed by atoms with Crippen LogP contribution in [0.3, 0.4) is 0 Å². The lowest BCUT2D eigenvalue weighted by molar-refractivity contribution is -0.151. The van der Waals surface area contributed by atoms with E-state index in [1.54, 1.807) is 0 Å². The summed E-state index contributed by atoms with van der Waals surface area (Å²) in [4.78, 5) is 26.3. The van der Waals surface area contributed by atoms with Gasteiger partial charge >= 0.3 is 5.97 Å². The summed E-state index contributed by atoms with van der Waals surface area (Å²) in [6, 6.07) is -0.716. The fourth-order valence-electron chi connectivity index (χ4n) is 8.64. The minimum Gasteiger partial charge on any atom is -0.462 e. The molecular formula is C60H109NO5. The van der Waals surface area contributed by atoms with Crippen LogP contribution >= 0.6 is 0 Å². The average Bonchev–Trinajstić information content (AvgIpc) is 3.31. The Hall–Kier alpha value is -2.44. The van der Waals surface area contributed by atoms with Crippen molar-refractivity contribution in [3.63, 3.8) is 0 Å². The summed E-state index contributed by atoms with van der Waals surface area (Å²) in [6.07, 6.45) is 67.1. The number of aliphatic hydroxyl groups is 2. The van der Waals surface area contributed by atoms with Gasteiger partial charge < -0.3 is 20.3 Å². The van der Waals surface area contributed by atoms with Crippen molar-refractivity contribution in [2.45, 2.75) is 302 Å². The summed E-state index contributed by atoms with van der Waals surface area (Å²) >= 11 is 0. The topological polar surface area (TPSA) is 95.9 Å². The molecule has 0 aliphatic carbocycles. The van der Waals surface area contributed by atoms with E-state index in [2.05, 4.69) is 56.5 Å². The molecular weight excluding hydrogens is 815 g/mol. The van der Waals surface area contributed by atoms with E-state index in [0.29, 0.717) is 19.3 Å². The zero-order valence-corrected chi connectivity index (χ0v) is 43.8. The monoisotopic (exact) mass is 924 g/mol. The molecule has 0 aromatic carbocycles. The van der Waals surface area contributed by atoms with Crippen LogP contribution in [0.25, 0.3) is 0 Å². The lowest BCUT2D eigenvalue weighted by Gasteiger charge is -2.24. The first-order valence-electron chi connectivity index (χ1n) is 28.6. The molecule has 66 heavy (non-hydrogen) atoms. The van der Waals surface area contributed by atoms with Gasteiger partial charge in [0.05, 0.1) is 25.2 Å². The lowest BCUT2D eigenvalue weighted by Crippen LogP contribution is -2.46. The minimum atomic E-state index is -0.800. The van der Waals surface area contributed by atoms with Crippen molar-refractivity contribution in [2.24, 2.45) is 0 Å². The van der Waals surface area contributed by atoms with Gasteiger partial charge in [-0.15, -0.1) is 0 Å². The molecule has 3 atom stereocenters. The van der Waals surface area contributed by atoms with Crippen molar-refractivity contribution in [1.82, 2.24) is 5.32 Å². The maximum atomic E-state index is 13.2. The Morgan fingerprint density at radius 3 is 1.23 bits per heavy atom. The molecule has 0 aromatic rings. The molecule has 0 rings (SSSR count).